The quantitative estimate of drug-likeness (QED) is 0.175. The van der Waals surface area contributed by atoms with Crippen LogP contribution in [0.2, 0.25) is 0 Å². The fraction of sp³-hybridized carbons (Fsp3) is 0.357. The lowest BCUT2D eigenvalue weighted by Crippen LogP contribution is -2.59. The number of carbonyl (C=O) groups is 1. The van der Waals surface area contributed by atoms with E-state index in [2.05, 4.69) is 20.4 Å². The van der Waals surface area contributed by atoms with E-state index in [1.54, 1.807) is 30.5 Å². The van der Waals surface area contributed by atoms with Crippen LogP contribution in [0.15, 0.2) is 41.4 Å². The Labute approximate surface area is 242 Å². The van der Waals surface area contributed by atoms with Crippen molar-refractivity contribution in [1.82, 2.24) is 24.7 Å². The molecule has 1 saturated heterocycles. The van der Waals surface area contributed by atoms with Gasteiger partial charge in [-0.3, -0.25) is 14.9 Å². The lowest BCUT2D eigenvalue weighted by atomic mass is 9.85. The first-order valence-electron chi connectivity index (χ1n) is 13.7. The number of benzene rings is 2. The molecule has 0 unspecified atom stereocenters. The van der Waals surface area contributed by atoms with Gasteiger partial charge in [-0.05, 0) is 55.0 Å². The van der Waals surface area contributed by atoms with Crippen molar-refractivity contribution in [1.29, 1.82) is 0 Å². The minimum absolute atomic E-state index is 0.0497. The molecule has 43 heavy (non-hydrogen) atoms. The minimum atomic E-state index is -5.30. The van der Waals surface area contributed by atoms with Gasteiger partial charge >= 0.3 is 0 Å². The molecule has 6 rings (SSSR count). The maximum atomic E-state index is 14.5. The van der Waals surface area contributed by atoms with Crippen molar-refractivity contribution in [3.63, 3.8) is 0 Å². The summed E-state index contributed by atoms with van der Waals surface area (Å²) in [6.45, 7) is -0.465. The van der Waals surface area contributed by atoms with Crippen LogP contribution in [0.5, 0.6) is 0 Å². The molecule has 9 nitrogen and oxygen atoms in total. The second-order valence-electron chi connectivity index (χ2n) is 10.7. The van der Waals surface area contributed by atoms with Crippen LogP contribution in [-0.4, -0.2) is 51.6 Å². The van der Waals surface area contributed by atoms with Crippen LogP contribution in [0, 0.1) is 29.1 Å². The summed E-state index contributed by atoms with van der Waals surface area (Å²) < 4.78 is 97.2. The van der Waals surface area contributed by atoms with Crippen LogP contribution in [0.25, 0.3) is 11.0 Å². The molecule has 2 aromatic carbocycles. The highest BCUT2D eigenvalue weighted by Crippen LogP contribution is 2.36. The second-order valence-corrected chi connectivity index (χ2v) is 12.5. The monoisotopic (exact) mass is 620 g/mol. The number of amides is 1. The lowest BCUT2D eigenvalue weighted by molar-refractivity contribution is -0.125. The number of rotatable bonds is 7. The Morgan fingerprint density at radius 1 is 0.930 bits per heavy atom. The van der Waals surface area contributed by atoms with Gasteiger partial charge in [0.25, 0.3) is 0 Å². The van der Waals surface area contributed by atoms with Gasteiger partial charge in [-0.2, -0.15) is 4.31 Å². The lowest BCUT2D eigenvalue weighted by Gasteiger charge is -2.41. The predicted octanol–water partition coefficient (Wildman–Crippen LogP) is 5.09. The number of hydrogen-bond donors (Lipinski definition) is 1. The van der Waals surface area contributed by atoms with Crippen molar-refractivity contribution >= 4 is 32.7 Å². The Morgan fingerprint density at radius 3 is 2.26 bits per heavy atom. The van der Waals surface area contributed by atoms with Crippen molar-refractivity contribution in [3.05, 3.63) is 76.9 Å². The maximum absolute atomic E-state index is 14.5. The highest BCUT2D eigenvalue weighted by molar-refractivity contribution is 7.89. The summed E-state index contributed by atoms with van der Waals surface area (Å²) in [6, 6.07) is 7.00. The standard InChI is InChI=1S/C28H25F5N6O3S/c29-22-23(30)25(32)27(26(33)24(22)31)43(41,42)39-11-10-21(39)28(40)38(18-8-9-19-20(12-18)36-37-35-19)14-17-7-6-16(13-34-17)15-4-2-1-3-5-15/h6-9,12-13,15,21H,1-5,10-11,14H2,(H,35,36,37)/t21-/m1/s1. The zero-order chi connectivity index (χ0) is 30.5. The summed E-state index contributed by atoms with van der Waals surface area (Å²) >= 11 is 0. The molecule has 4 aromatic rings. The third kappa shape index (κ3) is 5.13. The van der Waals surface area contributed by atoms with Gasteiger partial charge in [0.1, 0.15) is 11.6 Å². The van der Waals surface area contributed by atoms with E-state index in [9.17, 15) is 35.2 Å². The van der Waals surface area contributed by atoms with E-state index in [1.807, 2.05) is 6.07 Å². The molecule has 2 fully saturated rings. The van der Waals surface area contributed by atoms with Gasteiger partial charge < -0.3 is 4.90 Å². The van der Waals surface area contributed by atoms with Gasteiger partial charge in [-0.1, -0.05) is 30.5 Å². The molecule has 1 aliphatic carbocycles. The van der Waals surface area contributed by atoms with E-state index in [4.69, 9.17) is 0 Å². The molecule has 226 valence electrons. The Balaban J connectivity index is 1.33. The molecule has 3 heterocycles. The fourth-order valence-electron chi connectivity index (χ4n) is 5.67. The first-order valence-corrected chi connectivity index (χ1v) is 15.1. The number of hydrogen-bond acceptors (Lipinski definition) is 6. The number of fused-ring (bicyclic) bond motifs is 1. The van der Waals surface area contributed by atoms with Crippen molar-refractivity contribution in [2.24, 2.45) is 0 Å². The van der Waals surface area contributed by atoms with Gasteiger partial charge in [0.05, 0.1) is 17.8 Å². The number of H-pyrrole nitrogens is 1. The first-order chi connectivity index (χ1) is 20.6. The number of halogens is 5. The molecule has 15 heteroatoms. The number of aromatic nitrogens is 4. The number of anilines is 1. The Morgan fingerprint density at radius 2 is 1.63 bits per heavy atom. The van der Waals surface area contributed by atoms with E-state index in [0.717, 1.165) is 31.2 Å². The van der Waals surface area contributed by atoms with Crippen LogP contribution in [-0.2, 0) is 21.4 Å². The molecular weight excluding hydrogens is 595 g/mol. The smallest absolute Gasteiger partial charge is 0.249 e. The van der Waals surface area contributed by atoms with Crippen LogP contribution in [0.1, 0.15) is 55.7 Å². The first kappa shape index (κ1) is 29.1. The predicted molar refractivity (Wildman–Crippen MR) is 144 cm³/mol. The number of carbonyl (C=O) groups excluding carboxylic acids is 1. The topological polar surface area (TPSA) is 112 Å². The van der Waals surface area contributed by atoms with Gasteiger partial charge in [0, 0.05) is 18.4 Å². The second kappa shape index (κ2) is 11.3. The molecule has 0 radical (unpaired) electrons. The largest absolute Gasteiger partial charge is 0.305 e. The molecule has 1 saturated carbocycles. The van der Waals surface area contributed by atoms with Gasteiger partial charge in [0.2, 0.25) is 21.7 Å². The summed E-state index contributed by atoms with van der Waals surface area (Å²) in [6.07, 6.45) is 7.34. The average Bonchev–Trinajstić information content (AvgIpc) is 3.46. The number of nitrogens with one attached hydrogen (secondary N) is 1. The summed E-state index contributed by atoms with van der Waals surface area (Å²) in [5, 5.41) is 10.3. The molecule has 0 spiro atoms. The highest BCUT2D eigenvalue weighted by atomic mass is 32.2. The zero-order valence-electron chi connectivity index (χ0n) is 22.5. The van der Waals surface area contributed by atoms with Crippen LogP contribution in [0.3, 0.4) is 0 Å². The summed E-state index contributed by atoms with van der Waals surface area (Å²) in [5.74, 6) is -12.6. The maximum Gasteiger partial charge on any atom is 0.249 e. The molecule has 2 aliphatic rings. The van der Waals surface area contributed by atoms with E-state index in [0.29, 0.717) is 32.6 Å². The molecular formula is C28H25F5N6O3S. The normalized spacial score (nSPS) is 18.1. The Kier molecular flexibility index (Phi) is 7.62. The van der Waals surface area contributed by atoms with E-state index in [-0.39, 0.29) is 19.5 Å². The fourth-order valence-corrected chi connectivity index (χ4v) is 7.42. The van der Waals surface area contributed by atoms with Gasteiger partial charge in [-0.15, -0.1) is 5.10 Å². The Hall–Kier alpha value is -3.98. The van der Waals surface area contributed by atoms with Crippen LogP contribution in [0.4, 0.5) is 27.6 Å². The summed E-state index contributed by atoms with van der Waals surface area (Å²) in [5.41, 5.74) is 2.89. The number of nitrogens with zero attached hydrogens (tertiary/aromatic N) is 5. The van der Waals surface area contributed by atoms with Crippen molar-refractivity contribution in [2.75, 3.05) is 11.4 Å². The molecule has 1 N–H and O–H groups in total. The van der Waals surface area contributed by atoms with Gasteiger partial charge in [0.15, 0.2) is 28.2 Å². The van der Waals surface area contributed by atoms with E-state index in [1.165, 1.54) is 11.3 Å². The average molecular weight is 621 g/mol. The van der Waals surface area contributed by atoms with Gasteiger partial charge in [-0.25, -0.2) is 30.4 Å². The highest BCUT2D eigenvalue weighted by Gasteiger charge is 2.48. The van der Waals surface area contributed by atoms with E-state index >= 15 is 0 Å². The Bertz CT molecular complexity index is 1780. The summed E-state index contributed by atoms with van der Waals surface area (Å²) in [7, 11) is -5.30. The molecule has 0 bridgehead atoms. The third-order valence-corrected chi connectivity index (χ3v) is 10.1. The molecule has 1 atom stereocenters. The number of sulfonamides is 1. The summed E-state index contributed by atoms with van der Waals surface area (Å²) in [4.78, 5) is 17.7. The zero-order valence-corrected chi connectivity index (χ0v) is 23.4. The van der Waals surface area contributed by atoms with E-state index < -0.39 is 56.0 Å². The third-order valence-electron chi connectivity index (χ3n) is 8.12. The van der Waals surface area contributed by atoms with Crippen molar-refractivity contribution in [2.45, 2.75) is 61.9 Å². The van der Waals surface area contributed by atoms with Crippen LogP contribution < -0.4 is 4.90 Å². The minimum Gasteiger partial charge on any atom is -0.305 e. The van der Waals surface area contributed by atoms with Crippen molar-refractivity contribution < 1.29 is 35.2 Å². The van der Waals surface area contributed by atoms with Crippen LogP contribution >= 0.6 is 0 Å². The molecule has 1 aliphatic heterocycles. The number of aromatic amines is 1. The SMILES string of the molecule is O=C([C@H]1CCN1S(=O)(=O)c1c(F)c(F)c(F)c(F)c1F)N(Cc1ccc(C2CCCCC2)cn1)c1ccc2nn[nH]c2c1. The van der Waals surface area contributed by atoms with Crippen molar-refractivity contribution in [3.8, 4) is 0 Å². The molecule has 1 amide bonds. The molecule has 2 aromatic heterocycles. The number of pyridine rings is 1.